The van der Waals surface area contributed by atoms with Crippen molar-refractivity contribution >= 4 is 0 Å². The molecule has 0 aromatic heterocycles. The molecule has 0 bridgehead atoms. The molecule has 0 saturated heterocycles. The summed E-state index contributed by atoms with van der Waals surface area (Å²) in [7, 11) is 0. The zero-order chi connectivity index (χ0) is 14.1. The Hall–Kier alpha value is 0.168. The van der Waals surface area contributed by atoms with E-state index in [0.29, 0.717) is 5.92 Å². The van der Waals surface area contributed by atoms with Crippen LogP contribution in [0.2, 0.25) is 0 Å². The maximum Gasteiger partial charge on any atom is 4.00 e. The molecule has 1 heteroatoms. The number of rotatable bonds is 1. The Morgan fingerprint density at radius 3 is 1.17 bits per heavy atom. The van der Waals surface area contributed by atoms with Crippen LogP contribution in [0.25, 0.3) is 0 Å². The molecule has 1 rings (SSSR count). The fourth-order valence-electron chi connectivity index (χ4n) is 0.817. The SMILES string of the molecule is C[C-](C)C1C=CC=C1.[CH2-]CC.[CH2-]CC.[CH2-]CC.[Pt+4]. The van der Waals surface area contributed by atoms with E-state index >= 15 is 0 Å². The Morgan fingerprint density at radius 1 is 0.833 bits per heavy atom. The van der Waals surface area contributed by atoms with E-state index in [4.69, 9.17) is 0 Å². The normalized spacial score (nSPS) is 11.4. The minimum atomic E-state index is 0. The largest absolute Gasteiger partial charge is 4.00 e. The standard InChI is InChI=1S/C8H11.3C3H7.Pt/c1-7(2)8-5-3-4-6-8;3*1-3-2;/h3-6,8H,1-2H3;3*1,3H2,2H3;/q4*-1;+4. The van der Waals surface area contributed by atoms with Gasteiger partial charge in [-0.15, -0.1) is 18.1 Å². The molecule has 1 aliphatic rings. The summed E-state index contributed by atoms with van der Waals surface area (Å²) in [5.41, 5.74) is 0. The zero-order valence-corrected chi connectivity index (χ0v) is 15.2. The molecule has 0 aliphatic heterocycles. The van der Waals surface area contributed by atoms with Crippen LogP contribution in [-0.4, -0.2) is 0 Å². The molecule has 0 radical (unpaired) electrons. The van der Waals surface area contributed by atoms with Crippen molar-refractivity contribution in [1.29, 1.82) is 0 Å². The summed E-state index contributed by atoms with van der Waals surface area (Å²) in [5.74, 6) is 2.09. The van der Waals surface area contributed by atoms with Crippen LogP contribution in [0.4, 0.5) is 0 Å². The first-order chi connectivity index (χ1) is 8.05. The fourth-order valence-corrected chi connectivity index (χ4v) is 0.817. The van der Waals surface area contributed by atoms with Crippen LogP contribution < -0.4 is 0 Å². The van der Waals surface area contributed by atoms with Crippen LogP contribution in [0.15, 0.2) is 24.3 Å². The first kappa shape index (κ1) is 26.7. The second-order valence-corrected chi connectivity index (χ2v) is 3.87. The van der Waals surface area contributed by atoms with Crippen LogP contribution in [0.1, 0.15) is 53.9 Å². The van der Waals surface area contributed by atoms with Gasteiger partial charge >= 0.3 is 21.1 Å². The third kappa shape index (κ3) is 29.8. The zero-order valence-electron chi connectivity index (χ0n) is 12.9. The van der Waals surface area contributed by atoms with E-state index in [1.165, 1.54) is 5.92 Å². The monoisotopic (exact) mass is 431 g/mol. The average Bonchev–Trinajstić information content (AvgIpc) is 2.73. The molecule has 1 aliphatic carbocycles. The van der Waals surface area contributed by atoms with Crippen molar-refractivity contribution in [2.24, 2.45) is 5.92 Å². The number of hydrogen-bond acceptors (Lipinski definition) is 0. The molecule has 0 heterocycles. The van der Waals surface area contributed by atoms with Gasteiger partial charge in [0.05, 0.1) is 0 Å². The summed E-state index contributed by atoms with van der Waals surface area (Å²) in [6.07, 6.45) is 11.6. The topological polar surface area (TPSA) is 0 Å². The number of hydrogen-bond donors (Lipinski definition) is 0. The van der Waals surface area contributed by atoms with Crippen LogP contribution in [-0.2, 0) is 21.1 Å². The maximum atomic E-state index is 3.49. The summed E-state index contributed by atoms with van der Waals surface area (Å²) in [5, 5.41) is 0. The predicted molar refractivity (Wildman–Crippen MR) is 83.3 cm³/mol. The van der Waals surface area contributed by atoms with Crippen molar-refractivity contribution < 1.29 is 21.1 Å². The van der Waals surface area contributed by atoms with Crippen molar-refractivity contribution in [3.8, 4) is 0 Å². The van der Waals surface area contributed by atoms with Gasteiger partial charge in [0.2, 0.25) is 0 Å². The summed E-state index contributed by atoms with van der Waals surface area (Å²) >= 11 is 0. The van der Waals surface area contributed by atoms with Gasteiger partial charge in [-0.25, -0.2) is 0 Å². The van der Waals surface area contributed by atoms with Crippen LogP contribution in [0, 0.1) is 32.6 Å². The van der Waals surface area contributed by atoms with Crippen molar-refractivity contribution in [2.75, 3.05) is 0 Å². The van der Waals surface area contributed by atoms with Crippen molar-refractivity contribution in [3.63, 3.8) is 0 Å². The van der Waals surface area contributed by atoms with Gasteiger partial charge in [-0.3, -0.25) is 0 Å². The number of allylic oxidation sites excluding steroid dienone is 4. The fraction of sp³-hybridized carbons (Fsp3) is 0.529. The Balaban J connectivity index is -0.0000000840. The molecule has 0 atom stereocenters. The predicted octanol–water partition coefficient (Wildman–Crippen LogP) is 6.03. The van der Waals surface area contributed by atoms with E-state index in [0.717, 1.165) is 19.3 Å². The first-order valence-corrected chi connectivity index (χ1v) is 6.58. The smallest absolute Gasteiger partial charge is 0.344 e. The molecule has 0 aromatic rings. The van der Waals surface area contributed by atoms with Crippen LogP contribution in [0.3, 0.4) is 0 Å². The Kier molecular flexibility index (Phi) is 38.4. The molecule has 0 aromatic carbocycles. The van der Waals surface area contributed by atoms with E-state index in [-0.39, 0.29) is 21.1 Å². The average molecular weight is 432 g/mol. The van der Waals surface area contributed by atoms with Gasteiger partial charge in [0, 0.05) is 0 Å². The molecule has 18 heavy (non-hydrogen) atoms. The quantitative estimate of drug-likeness (QED) is 0.445. The van der Waals surface area contributed by atoms with Gasteiger partial charge in [-0.2, -0.15) is 33.1 Å². The summed E-state index contributed by atoms with van der Waals surface area (Å²) < 4.78 is 0. The third-order valence-corrected chi connectivity index (χ3v) is 1.41. The molecule has 0 N–H and O–H groups in total. The van der Waals surface area contributed by atoms with Crippen molar-refractivity contribution in [2.45, 2.75) is 53.9 Å². The molecular formula is C17H32Pt. The first-order valence-electron chi connectivity index (χ1n) is 6.58. The van der Waals surface area contributed by atoms with Gasteiger partial charge in [0.25, 0.3) is 0 Å². The van der Waals surface area contributed by atoms with Gasteiger partial charge < -0.3 is 26.7 Å². The van der Waals surface area contributed by atoms with E-state index in [2.05, 4.69) is 58.9 Å². The summed E-state index contributed by atoms with van der Waals surface area (Å²) in [6, 6.07) is 0. The molecule has 0 amide bonds. The summed E-state index contributed by atoms with van der Waals surface area (Å²) in [4.78, 5) is 0. The van der Waals surface area contributed by atoms with Gasteiger partial charge in [-0.05, 0) is 0 Å². The molecule has 0 spiro atoms. The third-order valence-electron chi connectivity index (χ3n) is 1.41. The van der Waals surface area contributed by atoms with Crippen molar-refractivity contribution in [1.82, 2.24) is 0 Å². The second-order valence-electron chi connectivity index (χ2n) is 3.87. The molecule has 0 fully saturated rings. The van der Waals surface area contributed by atoms with E-state index in [1.54, 1.807) is 0 Å². The molecule has 0 nitrogen and oxygen atoms in total. The summed E-state index contributed by atoms with van der Waals surface area (Å²) in [6.45, 7) is 20.8. The van der Waals surface area contributed by atoms with Gasteiger partial charge in [0.15, 0.2) is 0 Å². The molecule has 0 saturated carbocycles. The van der Waals surface area contributed by atoms with Crippen LogP contribution in [0.5, 0.6) is 0 Å². The van der Waals surface area contributed by atoms with E-state index < -0.39 is 0 Å². The minimum Gasteiger partial charge on any atom is -0.344 e. The second kappa shape index (κ2) is 25.9. The van der Waals surface area contributed by atoms with E-state index in [1.807, 2.05) is 20.8 Å². The van der Waals surface area contributed by atoms with Crippen LogP contribution >= 0.6 is 0 Å². The van der Waals surface area contributed by atoms with Crippen molar-refractivity contribution in [3.05, 3.63) is 51.0 Å². The molecule has 0 unspecified atom stereocenters. The maximum absolute atomic E-state index is 3.49. The molecular weight excluding hydrogens is 399 g/mol. The van der Waals surface area contributed by atoms with Gasteiger partial charge in [-0.1, -0.05) is 32.9 Å². The Labute approximate surface area is 132 Å². The Morgan fingerprint density at radius 2 is 1.06 bits per heavy atom. The minimum absolute atomic E-state index is 0. The Bertz CT molecular complexity index is 140. The van der Waals surface area contributed by atoms with E-state index in [9.17, 15) is 0 Å². The molecule has 110 valence electrons. The van der Waals surface area contributed by atoms with Gasteiger partial charge in [0.1, 0.15) is 0 Å².